The van der Waals surface area contributed by atoms with Crippen LogP contribution in [0.5, 0.6) is 17.2 Å². The van der Waals surface area contributed by atoms with Crippen LogP contribution in [-0.2, 0) is 14.2 Å². The molecule has 15 heteroatoms. The van der Waals surface area contributed by atoms with Gasteiger partial charge in [0.2, 0.25) is 6.29 Å². The van der Waals surface area contributed by atoms with Crippen LogP contribution in [0.25, 0.3) is 21.7 Å². The molecule has 8 N–H and O–H groups in total. The number of fused-ring (bicyclic) bond motifs is 3. The second-order valence-electron chi connectivity index (χ2n) is 10.2. The van der Waals surface area contributed by atoms with E-state index in [1.165, 1.54) is 25.3 Å². The van der Waals surface area contributed by atoms with Crippen LogP contribution in [0.4, 0.5) is 0 Å². The SMILES string of the molecule is COc1cc(O[C@H]2O[C@@H](CO[C@H]3O[C@@H](CO)[C@H](O)[C@@H](O)[C@@H]3O)[C@H](O)[C@@H](O)[C@@H]2O)c2c(c1)cc(O)c1c(=O)cc(C)oc12. The van der Waals surface area contributed by atoms with E-state index in [-0.39, 0.29) is 39.4 Å². The van der Waals surface area contributed by atoms with Gasteiger partial charge in [0.15, 0.2) is 17.3 Å². The van der Waals surface area contributed by atoms with Gasteiger partial charge in [0.25, 0.3) is 0 Å². The highest BCUT2D eigenvalue weighted by atomic mass is 16.7. The molecule has 0 bridgehead atoms. The van der Waals surface area contributed by atoms with Crippen LogP contribution in [0.3, 0.4) is 0 Å². The summed E-state index contributed by atoms with van der Waals surface area (Å²) in [5, 5.41) is 82.4. The summed E-state index contributed by atoms with van der Waals surface area (Å²) in [6.45, 7) is 0.304. The molecule has 3 heterocycles. The highest BCUT2D eigenvalue weighted by molar-refractivity contribution is 6.10. The number of hydrogen-bond acceptors (Lipinski definition) is 15. The minimum atomic E-state index is -1.80. The van der Waals surface area contributed by atoms with Gasteiger partial charge in [0, 0.05) is 12.1 Å². The molecule has 2 aliphatic heterocycles. The van der Waals surface area contributed by atoms with Crippen molar-refractivity contribution in [3.8, 4) is 17.2 Å². The van der Waals surface area contributed by atoms with E-state index >= 15 is 0 Å². The Morgan fingerprint density at radius 2 is 1.45 bits per heavy atom. The Labute approximate surface area is 237 Å². The molecule has 42 heavy (non-hydrogen) atoms. The predicted octanol–water partition coefficient (Wildman–Crippen LogP) is -2.03. The van der Waals surface area contributed by atoms with Gasteiger partial charge in [-0.2, -0.15) is 0 Å². The number of hydrogen-bond donors (Lipinski definition) is 8. The fraction of sp³-hybridized carbons (Fsp3) is 0.519. The number of methoxy groups -OCH3 is 1. The third kappa shape index (κ3) is 5.40. The van der Waals surface area contributed by atoms with E-state index in [9.17, 15) is 45.6 Å². The lowest BCUT2D eigenvalue weighted by Gasteiger charge is -2.42. The Balaban J connectivity index is 1.45. The molecule has 0 unspecified atom stereocenters. The van der Waals surface area contributed by atoms with Crippen molar-refractivity contribution in [2.24, 2.45) is 0 Å². The Bertz CT molecular complexity index is 1490. The molecule has 2 saturated heterocycles. The Hall–Kier alpha value is -3.09. The molecule has 230 valence electrons. The average Bonchev–Trinajstić information content (AvgIpc) is 2.95. The van der Waals surface area contributed by atoms with Crippen LogP contribution < -0.4 is 14.9 Å². The number of benzene rings is 2. The summed E-state index contributed by atoms with van der Waals surface area (Å²) in [5.41, 5.74) is -0.520. The first-order valence-electron chi connectivity index (χ1n) is 13.0. The van der Waals surface area contributed by atoms with Crippen molar-refractivity contribution in [2.75, 3.05) is 20.3 Å². The van der Waals surface area contributed by atoms with E-state index < -0.39 is 80.1 Å². The second-order valence-corrected chi connectivity index (χ2v) is 10.2. The molecule has 0 spiro atoms. The van der Waals surface area contributed by atoms with Crippen molar-refractivity contribution >= 4 is 21.7 Å². The topological polar surface area (TPSA) is 238 Å². The van der Waals surface area contributed by atoms with Gasteiger partial charge in [-0.05, 0) is 24.4 Å². The van der Waals surface area contributed by atoms with Gasteiger partial charge in [-0.1, -0.05) is 0 Å². The van der Waals surface area contributed by atoms with E-state index in [0.717, 1.165) is 0 Å². The zero-order chi connectivity index (χ0) is 30.5. The van der Waals surface area contributed by atoms with Gasteiger partial charge in [-0.15, -0.1) is 0 Å². The number of aromatic hydroxyl groups is 1. The largest absolute Gasteiger partial charge is 0.507 e. The van der Waals surface area contributed by atoms with Crippen molar-refractivity contribution in [1.29, 1.82) is 0 Å². The van der Waals surface area contributed by atoms with Crippen molar-refractivity contribution in [1.82, 2.24) is 0 Å². The molecule has 2 fully saturated rings. The lowest BCUT2D eigenvalue weighted by atomic mass is 9.98. The molecule has 2 aliphatic rings. The molecule has 0 radical (unpaired) electrons. The minimum Gasteiger partial charge on any atom is -0.507 e. The summed E-state index contributed by atoms with van der Waals surface area (Å²) < 4.78 is 33.6. The Morgan fingerprint density at radius 1 is 0.810 bits per heavy atom. The molecule has 3 aromatic rings. The molecule has 15 nitrogen and oxygen atoms in total. The minimum absolute atomic E-state index is 0.0129. The van der Waals surface area contributed by atoms with E-state index in [1.807, 2.05) is 0 Å². The highest BCUT2D eigenvalue weighted by Gasteiger charge is 2.48. The van der Waals surface area contributed by atoms with Gasteiger partial charge in [0.05, 0.1) is 25.7 Å². The number of aliphatic hydroxyl groups is 7. The first kappa shape index (κ1) is 30.4. The quantitative estimate of drug-likeness (QED) is 0.137. The maximum atomic E-state index is 12.7. The van der Waals surface area contributed by atoms with Gasteiger partial charge >= 0.3 is 0 Å². The van der Waals surface area contributed by atoms with Crippen molar-refractivity contribution in [3.63, 3.8) is 0 Å². The molecule has 0 aliphatic carbocycles. The average molecular weight is 597 g/mol. The van der Waals surface area contributed by atoms with Crippen LogP contribution in [0.2, 0.25) is 0 Å². The van der Waals surface area contributed by atoms with Crippen molar-refractivity contribution in [2.45, 2.75) is 68.3 Å². The van der Waals surface area contributed by atoms with Crippen LogP contribution in [0, 0.1) is 6.92 Å². The summed E-state index contributed by atoms with van der Waals surface area (Å²) >= 11 is 0. The molecular weight excluding hydrogens is 564 g/mol. The third-order valence-corrected chi connectivity index (χ3v) is 7.37. The zero-order valence-corrected chi connectivity index (χ0v) is 22.4. The van der Waals surface area contributed by atoms with Crippen molar-refractivity contribution in [3.05, 3.63) is 40.2 Å². The fourth-order valence-electron chi connectivity index (χ4n) is 5.10. The molecule has 2 aromatic carbocycles. The Morgan fingerprint density at radius 3 is 2.12 bits per heavy atom. The maximum Gasteiger partial charge on any atom is 0.229 e. The summed E-state index contributed by atoms with van der Waals surface area (Å²) in [7, 11) is 1.38. The summed E-state index contributed by atoms with van der Waals surface area (Å²) in [6, 6.07) is 5.49. The van der Waals surface area contributed by atoms with Gasteiger partial charge in [0.1, 0.15) is 77.2 Å². The first-order chi connectivity index (χ1) is 19.9. The second kappa shape index (κ2) is 11.9. The van der Waals surface area contributed by atoms with Crippen LogP contribution in [-0.4, -0.2) is 123 Å². The lowest BCUT2D eigenvalue weighted by Crippen LogP contribution is -2.62. The van der Waals surface area contributed by atoms with Crippen molar-refractivity contribution < 1.29 is 69.0 Å². The number of aliphatic hydroxyl groups excluding tert-OH is 7. The predicted molar refractivity (Wildman–Crippen MR) is 140 cm³/mol. The number of rotatable bonds is 7. The number of ether oxygens (including phenoxy) is 5. The summed E-state index contributed by atoms with van der Waals surface area (Å²) in [4.78, 5) is 12.7. The zero-order valence-electron chi connectivity index (χ0n) is 22.4. The molecular formula is C27H32O15. The van der Waals surface area contributed by atoms with E-state index in [0.29, 0.717) is 5.39 Å². The third-order valence-electron chi connectivity index (χ3n) is 7.37. The van der Waals surface area contributed by atoms with Gasteiger partial charge < -0.3 is 69.0 Å². The Kier molecular flexibility index (Phi) is 8.60. The van der Waals surface area contributed by atoms with Gasteiger partial charge in [-0.25, -0.2) is 0 Å². The smallest absolute Gasteiger partial charge is 0.229 e. The molecule has 5 rings (SSSR count). The molecule has 0 saturated carbocycles. The molecule has 10 atom stereocenters. The normalized spacial score (nSPS) is 33.6. The first-order valence-corrected chi connectivity index (χ1v) is 13.0. The maximum absolute atomic E-state index is 12.7. The fourth-order valence-corrected chi connectivity index (χ4v) is 5.10. The standard InChI is InChI=1S/C27H32O15/c1-9-3-12(29)18-13(30)5-10-4-11(37-2)6-14(17(10)25(18)39-9)40-27-24(36)22(34)20(32)16(42-27)8-38-26-23(35)21(33)19(31)15(7-28)41-26/h3-6,15-16,19-24,26-28,30-36H,7-8H2,1-2H3/t15-,16-,19-,20-,21+,22+,23-,24-,26-,27-/m0/s1. The van der Waals surface area contributed by atoms with E-state index in [4.69, 9.17) is 28.1 Å². The summed E-state index contributed by atoms with van der Waals surface area (Å²) in [5.74, 6) is 0.145. The molecule has 1 aromatic heterocycles. The number of phenols is 1. The van der Waals surface area contributed by atoms with Crippen LogP contribution in [0.15, 0.2) is 33.5 Å². The number of phenolic OH excluding ortho intramolecular Hbond substituents is 1. The van der Waals surface area contributed by atoms with Crippen LogP contribution >= 0.6 is 0 Å². The van der Waals surface area contributed by atoms with E-state index in [2.05, 4.69) is 0 Å². The number of aryl methyl sites for hydroxylation is 1. The van der Waals surface area contributed by atoms with Gasteiger partial charge in [-0.3, -0.25) is 4.79 Å². The highest BCUT2D eigenvalue weighted by Crippen LogP contribution is 2.41. The monoisotopic (exact) mass is 596 g/mol. The lowest BCUT2D eigenvalue weighted by molar-refractivity contribution is -0.323. The molecule has 0 amide bonds. The van der Waals surface area contributed by atoms with Crippen LogP contribution in [0.1, 0.15) is 5.76 Å². The summed E-state index contributed by atoms with van der Waals surface area (Å²) in [6.07, 6.45) is -16.1. The van der Waals surface area contributed by atoms with E-state index in [1.54, 1.807) is 13.0 Å².